The van der Waals surface area contributed by atoms with Crippen LogP contribution in [0.4, 0.5) is 4.39 Å². The van der Waals surface area contributed by atoms with Gasteiger partial charge in [-0.15, -0.1) is 0 Å². The van der Waals surface area contributed by atoms with Crippen molar-refractivity contribution in [2.24, 2.45) is 5.73 Å². The van der Waals surface area contributed by atoms with Crippen LogP contribution in [0.5, 0.6) is 5.75 Å². The maximum absolute atomic E-state index is 13.8. The molecule has 2 aromatic carbocycles. The first-order valence-electron chi connectivity index (χ1n) is 6.60. The van der Waals surface area contributed by atoms with Crippen molar-refractivity contribution >= 4 is 0 Å². The predicted molar refractivity (Wildman–Crippen MR) is 79.6 cm³/mol. The summed E-state index contributed by atoms with van der Waals surface area (Å²) in [7, 11) is 1.45. The highest BCUT2D eigenvalue weighted by Crippen LogP contribution is 2.29. The van der Waals surface area contributed by atoms with Gasteiger partial charge in [0.25, 0.3) is 0 Å². The third-order valence-electron chi connectivity index (χ3n) is 3.58. The van der Waals surface area contributed by atoms with Crippen LogP contribution in [0.15, 0.2) is 30.3 Å². The average molecular weight is 273 g/mol. The molecule has 0 spiro atoms. The summed E-state index contributed by atoms with van der Waals surface area (Å²) in [6.45, 7) is 6.13. The van der Waals surface area contributed by atoms with Crippen molar-refractivity contribution in [1.82, 2.24) is 0 Å². The lowest BCUT2D eigenvalue weighted by Gasteiger charge is -2.19. The molecule has 3 heteroatoms. The lowest BCUT2D eigenvalue weighted by molar-refractivity contribution is 0.386. The molecule has 0 heterocycles. The highest BCUT2D eigenvalue weighted by molar-refractivity contribution is 5.44. The van der Waals surface area contributed by atoms with Crippen LogP contribution in [0.3, 0.4) is 0 Å². The summed E-state index contributed by atoms with van der Waals surface area (Å²) in [5.41, 5.74) is 11.6. The lowest BCUT2D eigenvalue weighted by Crippen LogP contribution is -2.15. The Hall–Kier alpha value is -1.87. The fourth-order valence-corrected chi connectivity index (χ4v) is 2.72. The molecule has 1 atom stereocenters. The molecule has 2 nitrogen and oxygen atoms in total. The van der Waals surface area contributed by atoms with Gasteiger partial charge in [0.1, 0.15) is 0 Å². The Kier molecular flexibility index (Phi) is 4.09. The minimum Gasteiger partial charge on any atom is -0.494 e. The monoisotopic (exact) mass is 273 g/mol. The zero-order chi connectivity index (χ0) is 14.9. The maximum Gasteiger partial charge on any atom is 0.165 e. The van der Waals surface area contributed by atoms with Gasteiger partial charge in [-0.1, -0.05) is 23.8 Å². The van der Waals surface area contributed by atoms with Crippen LogP contribution in [0.2, 0.25) is 0 Å². The van der Waals surface area contributed by atoms with Crippen molar-refractivity contribution in [2.75, 3.05) is 7.11 Å². The van der Waals surface area contributed by atoms with Crippen molar-refractivity contribution in [3.8, 4) is 5.75 Å². The molecule has 0 bridgehead atoms. The van der Waals surface area contributed by atoms with Gasteiger partial charge >= 0.3 is 0 Å². The molecule has 106 valence electrons. The minimum atomic E-state index is -0.386. The second-order valence-electron chi connectivity index (χ2n) is 5.18. The molecule has 0 amide bonds. The second kappa shape index (κ2) is 5.63. The van der Waals surface area contributed by atoms with Gasteiger partial charge in [-0.3, -0.25) is 0 Å². The topological polar surface area (TPSA) is 35.2 Å². The molecule has 20 heavy (non-hydrogen) atoms. The number of aryl methyl sites for hydroxylation is 3. The lowest BCUT2D eigenvalue weighted by atomic mass is 9.90. The Balaban J connectivity index is 2.46. The van der Waals surface area contributed by atoms with Crippen LogP contribution in [-0.2, 0) is 0 Å². The molecular formula is C17H20FNO. The summed E-state index contributed by atoms with van der Waals surface area (Å²) in [6, 6.07) is 8.73. The molecule has 0 saturated carbocycles. The molecule has 0 saturated heterocycles. The van der Waals surface area contributed by atoms with Gasteiger partial charge in [0.2, 0.25) is 0 Å². The quantitative estimate of drug-likeness (QED) is 0.923. The first-order valence-corrected chi connectivity index (χ1v) is 6.60. The maximum atomic E-state index is 13.8. The van der Waals surface area contributed by atoms with Gasteiger partial charge in [-0.25, -0.2) is 4.39 Å². The molecule has 0 radical (unpaired) electrons. The highest BCUT2D eigenvalue weighted by atomic mass is 19.1. The molecule has 2 aromatic rings. The van der Waals surface area contributed by atoms with Gasteiger partial charge in [0.05, 0.1) is 13.2 Å². The van der Waals surface area contributed by atoms with Crippen molar-refractivity contribution in [1.29, 1.82) is 0 Å². The van der Waals surface area contributed by atoms with E-state index in [-0.39, 0.29) is 17.6 Å². The van der Waals surface area contributed by atoms with E-state index in [9.17, 15) is 4.39 Å². The molecule has 0 aliphatic rings. The summed E-state index contributed by atoms with van der Waals surface area (Å²) in [6.07, 6.45) is 0. The molecule has 2 rings (SSSR count). The van der Waals surface area contributed by atoms with E-state index >= 15 is 0 Å². The molecular weight excluding hydrogens is 253 g/mol. The summed E-state index contributed by atoms with van der Waals surface area (Å²) in [5, 5.41) is 0. The number of rotatable bonds is 3. The smallest absolute Gasteiger partial charge is 0.165 e. The predicted octanol–water partition coefficient (Wildman–Crippen LogP) is 3.81. The molecule has 0 fully saturated rings. The number of ether oxygens (including phenoxy) is 1. The summed E-state index contributed by atoms with van der Waals surface area (Å²) in [4.78, 5) is 0. The third kappa shape index (κ3) is 2.68. The van der Waals surface area contributed by atoms with Crippen LogP contribution in [0, 0.1) is 26.6 Å². The van der Waals surface area contributed by atoms with Crippen LogP contribution >= 0.6 is 0 Å². The van der Waals surface area contributed by atoms with Gasteiger partial charge in [-0.2, -0.15) is 0 Å². The first-order chi connectivity index (χ1) is 9.43. The fourth-order valence-electron chi connectivity index (χ4n) is 2.72. The first kappa shape index (κ1) is 14.5. The van der Waals surface area contributed by atoms with Gasteiger partial charge < -0.3 is 10.5 Å². The van der Waals surface area contributed by atoms with E-state index in [4.69, 9.17) is 10.5 Å². The zero-order valence-corrected chi connectivity index (χ0v) is 12.3. The Morgan fingerprint density at radius 2 is 1.65 bits per heavy atom. The van der Waals surface area contributed by atoms with Crippen LogP contribution in [0.1, 0.15) is 33.9 Å². The van der Waals surface area contributed by atoms with E-state index in [0.717, 1.165) is 22.3 Å². The minimum absolute atomic E-state index is 0.235. The van der Waals surface area contributed by atoms with E-state index in [1.54, 1.807) is 6.07 Å². The average Bonchev–Trinajstić information content (AvgIpc) is 2.37. The molecule has 0 aliphatic carbocycles. The van der Waals surface area contributed by atoms with Crippen LogP contribution < -0.4 is 10.5 Å². The Morgan fingerprint density at radius 3 is 2.15 bits per heavy atom. The number of hydrogen-bond acceptors (Lipinski definition) is 2. The highest BCUT2D eigenvalue weighted by Gasteiger charge is 2.16. The van der Waals surface area contributed by atoms with E-state index < -0.39 is 0 Å². The van der Waals surface area contributed by atoms with Crippen molar-refractivity contribution in [3.05, 3.63) is 64.0 Å². The Bertz CT molecular complexity index is 614. The summed E-state index contributed by atoms with van der Waals surface area (Å²) >= 11 is 0. The number of benzene rings is 2. The van der Waals surface area contributed by atoms with Gasteiger partial charge in [-0.05, 0) is 55.2 Å². The molecule has 0 aliphatic heterocycles. The summed E-state index contributed by atoms with van der Waals surface area (Å²) < 4.78 is 18.7. The standard InChI is InChI=1S/C17H20FNO/c1-10-7-11(2)16(12(3)8-10)17(19)13-5-6-15(20-4)14(18)9-13/h5-9,17H,19H2,1-4H3. The van der Waals surface area contributed by atoms with E-state index in [1.165, 1.54) is 18.7 Å². The number of halogens is 1. The molecule has 2 N–H and O–H groups in total. The second-order valence-corrected chi connectivity index (χ2v) is 5.18. The van der Waals surface area contributed by atoms with Crippen LogP contribution in [0.25, 0.3) is 0 Å². The number of nitrogens with two attached hydrogens (primary N) is 1. The van der Waals surface area contributed by atoms with Crippen LogP contribution in [-0.4, -0.2) is 7.11 Å². The Labute approximate surface area is 119 Å². The fraction of sp³-hybridized carbons (Fsp3) is 0.294. The van der Waals surface area contributed by atoms with Crippen molar-refractivity contribution < 1.29 is 9.13 Å². The molecule has 0 aromatic heterocycles. The van der Waals surface area contributed by atoms with Crippen molar-refractivity contribution in [2.45, 2.75) is 26.8 Å². The zero-order valence-electron chi connectivity index (χ0n) is 12.3. The van der Waals surface area contributed by atoms with E-state index in [2.05, 4.69) is 19.1 Å². The Morgan fingerprint density at radius 1 is 1.05 bits per heavy atom. The molecule has 1 unspecified atom stereocenters. The van der Waals surface area contributed by atoms with E-state index in [0.29, 0.717) is 0 Å². The van der Waals surface area contributed by atoms with E-state index in [1.807, 2.05) is 19.9 Å². The number of methoxy groups -OCH3 is 1. The summed E-state index contributed by atoms with van der Waals surface area (Å²) in [5.74, 6) is -0.152. The third-order valence-corrected chi connectivity index (χ3v) is 3.58. The van der Waals surface area contributed by atoms with Crippen molar-refractivity contribution in [3.63, 3.8) is 0 Å². The normalized spacial score (nSPS) is 12.3. The number of hydrogen-bond donors (Lipinski definition) is 1. The van der Waals surface area contributed by atoms with Gasteiger partial charge in [0.15, 0.2) is 11.6 Å². The SMILES string of the molecule is COc1ccc(C(N)c2c(C)cc(C)cc2C)cc1F. The van der Waals surface area contributed by atoms with Gasteiger partial charge in [0, 0.05) is 0 Å². The largest absolute Gasteiger partial charge is 0.494 e.